The van der Waals surface area contributed by atoms with Crippen molar-refractivity contribution < 1.29 is 4.39 Å². The first-order chi connectivity index (χ1) is 8.65. The minimum atomic E-state index is -0.104. The van der Waals surface area contributed by atoms with Crippen LogP contribution in [0, 0.1) is 11.7 Å². The number of halogens is 1. The molecule has 1 aliphatic heterocycles. The molecule has 1 aliphatic carbocycles. The van der Waals surface area contributed by atoms with Crippen molar-refractivity contribution in [2.45, 2.75) is 44.7 Å². The summed E-state index contributed by atoms with van der Waals surface area (Å²) in [5.74, 6) is 0.717. The highest BCUT2D eigenvalue weighted by atomic mass is 19.1. The highest BCUT2D eigenvalue weighted by Crippen LogP contribution is 2.41. The number of hydrogen-bond donors (Lipinski definition) is 1. The van der Waals surface area contributed by atoms with Crippen LogP contribution < -0.4 is 10.6 Å². The van der Waals surface area contributed by atoms with E-state index in [4.69, 9.17) is 5.73 Å². The van der Waals surface area contributed by atoms with Crippen molar-refractivity contribution in [1.29, 1.82) is 0 Å². The summed E-state index contributed by atoms with van der Waals surface area (Å²) in [6.07, 6.45) is 4.52. The molecule has 3 unspecified atom stereocenters. The molecule has 3 atom stereocenters. The summed E-state index contributed by atoms with van der Waals surface area (Å²) < 4.78 is 14.0. The Kier molecular flexibility index (Phi) is 3.02. The van der Waals surface area contributed by atoms with Gasteiger partial charge in [0.05, 0.1) is 0 Å². The van der Waals surface area contributed by atoms with Gasteiger partial charge in [0.25, 0.3) is 0 Å². The normalized spacial score (nSPS) is 27.8. The Morgan fingerprint density at radius 2 is 2.28 bits per heavy atom. The van der Waals surface area contributed by atoms with Crippen LogP contribution in [0.1, 0.15) is 31.7 Å². The van der Waals surface area contributed by atoms with Gasteiger partial charge in [-0.3, -0.25) is 0 Å². The Balaban J connectivity index is 1.93. The van der Waals surface area contributed by atoms with E-state index in [1.54, 1.807) is 6.07 Å². The number of nitrogens with zero attached hydrogens (tertiary/aromatic N) is 1. The summed E-state index contributed by atoms with van der Waals surface area (Å²) in [6, 6.07) is 6.06. The Morgan fingerprint density at radius 1 is 1.44 bits per heavy atom. The quantitative estimate of drug-likeness (QED) is 0.891. The van der Waals surface area contributed by atoms with Crippen LogP contribution in [-0.4, -0.2) is 18.6 Å². The SMILES string of the molecule is CC(N)Cc1c(F)cccc1N1CC2CCC1C2. The molecule has 18 heavy (non-hydrogen) atoms. The van der Waals surface area contributed by atoms with Crippen LogP contribution in [-0.2, 0) is 6.42 Å². The molecule has 1 saturated heterocycles. The van der Waals surface area contributed by atoms with Crippen LogP contribution in [0.2, 0.25) is 0 Å². The van der Waals surface area contributed by atoms with Gasteiger partial charge in [-0.1, -0.05) is 6.07 Å². The zero-order valence-corrected chi connectivity index (χ0v) is 10.9. The molecule has 0 radical (unpaired) electrons. The Labute approximate surface area is 108 Å². The fourth-order valence-corrected chi connectivity index (χ4v) is 3.56. The van der Waals surface area contributed by atoms with E-state index in [2.05, 4.69) is 11.0 Å². The Hall–Kier alpha value is -1.09. The fourth-order valence-electron chi connectivity index (χ4n) is 3.56. The highest BCUT2D eigenvalue weighted by molar-refractivity contribution is 5.56. The third-order valence-corrected chi connectivity index (χ3v) is 4.34. The molecule has 0 spiro atoms. The molecule has 3 rings (SSSR count). The second kappa shape index (κ2) is 4.54. The molecule has 3 heteroatoms. The van der Waals surface area contributed by atoms with Gasteiger partial charge in [0.2, 0.25) is 0 Å². The second-order valence-electron chi connectivity index (χ2n) is 5.90. The number of benzene rings is 1. The number of fused-ring (bicyclic) bond motifs is 2. The maximum absolute atomic E-state index is 14.0. The predicted molar refractivity (Wildman–Crippen MR) is 72.2 cm³/mol. The van der Waals surface area contributed by atoms with E-state index in [0.717, 1.165) is 23.7 Å². The number of rotatable bonds is 3. The van der Waals surface area contributed by atoms with Gasteiger partial charge in [0.1, 0.15) is 5.82 Å². The van der Waals surface area contributed by atoms with Crippen molar-refractivity contribution in [2.75, 3.05) is 11.4 Å². The summed E-state index contributed by atoms with van der Waals surface area (Å²) in [7, 11) is 0. The summed E-state index contributed by atoms with van der Waals surface area (Å²) in [5, 5.41) is 0. The van der Waals surface area contributed by atoms with Crippen molar-refractivity contribution in [1.82, 2.24) is 0 Å². The monoisotopic (exact) mass is 248 g/mol. The first-order valence-corrected chi connectivity index (χ1v) is 6.94. The second-order valence-corrected chi connectivity index (χ2v) is 5.90. The molecule has 2 N–H and O–H groups in total. The Bertz CT molecular complexity index is 444. The molecular formula is C15H21FN2. The molecule has 0 amide bonds. The van der Waals surface area contributed by atoms with Gasteiger partial charge in [-0.25, -0.2) is 4.39 Å². The lowest BCUT2D eigenvalue weighted by molar-refractivity contribution is 0.546. The van der Waals surface area contributed by atoms with Gasteiger partial charge in [-0.2, -0.15) is 0 Å². The highest BCUT2D eigenvalue weighted by Gasteiger charge is 2.38. The molecule has 1 aromatic rings. The van der Waals surface area contributed by atoms with Crippen LogP contribution in [0.25, 0.3) is 0 Å². The molecule has 1 saturated carbocycles. The summed E-state index contributed by atoms with van der Waals surface area (Å²) in [6.45, 7) is 3.03. The zero-order chi connectivity index (χ0) is 12.7. The molecule has 2 aliphatic rings. The standard InChI is InChI=1S/C15H21FN2/c1-10(17)7-13-14(16)3-2-4-15(13)18-9-11-5-6-12(18)8-11/h2-4,10-12H,5-9,17H2,1H3. The average Bonchev–Trinajstić information content (AvgIpc) is 2.93. The van der Waals surface area contributed by atoms with Crippen LogP contribution in [0.4, 0.5) is 10.1 Å². The topological polar surface area (TPSA) is 29.3 Å². The first kappa shape index (κ1) is 12.0. The molecule has 2 fully saturated rings. The van der Waals surface area contributed by atoms with Crippen LogP contribution in [0.5, 0.6) is 0 Å². The lowest BCUT2D eigenvalue weighted by Crippen LogP contribution is -2.33. The first-order valence-electron chi connectivity index (χ1n) is 6.94. The summed E-state index contributed by atoms with van der Waals surface area (Å²) >= 11 is 0. The molecule has 1 heterocycles. The molecule has 2 bridgehead atoms. The van der Waals surface area contributed by atoms with E-state index in [1.165, 1.54) is 19.3 Å². The number of nitrogens with two attached hydrogens (primary N) is 1. The van der Waals surface area contributed by atoms with Crippen molar-refractivity contribution in [3.8, 4) is 0 Å². The van der Waals surface area contributed by atoms with Crippen molar-refractivity contribution in [3.63, 3.8) is 0 Å². The third kappa shape index (κ3) is 2.01. The van der Waals surface area contributed by atoms with Crippen LogP contribution in [0.3, 0.4) is 0 Å². The Morgan fingerprint density at radius 3 is 2.89 bits per heavy atom. The number of hydrogen-bond acceptors (Lipinski definition) is 2. The van der Waals surface area contributed by atoms with E-state index in [9.17, 15) is 4.39 Å². The lowest BCUT2D eigenvalue weighted by Gasteiger charge is -2.31. The average molecular weight is 248 g/mol. The van der Waals surface area contributed by atoms with Crippen LogP contribution >= 0.6 is 0 Å². The molecule has 0 aromatic heterocycles. The van der Waals surface area contributed by atoms with Crippen molar-refractivity contribution in [3.05, 3.63) is 29.6 Å². The van der Waals surface area contributed by atoms with E-state index in [0.29, 0.717) is 12.5 Å². The molecule has 98 valence electrons. The van der Waals surface area contributed by atoms with Crippen LogP contribution in [0.15, 0.2) is 18.2 Å². The van der Waals surface area contributed by atoms with Crippen molar-refractivity contribution >= 4 is 5.69 Å². The molecule has 2 nitrogen and oxygen atoms in total. The van der Waals surface area contributed by atoms with E-state index in [1.807, 2.05) is 13.0 Å². The van der Waals surface area contributed by atoms with Gasteiger partial charge in [-0.15, -0.1) is 0 Å². The maximum atomic E-state index is 14.0. The number of piperidine rings is 1. The number of anilines is 1. The van der Waals surface area contributed by atoms with Gasteiger partial charge < -0.3 is 10.6 Å². The van der Waals surface area contributed by atoms with E-state index in [-0.39, 0.29) is 11.9 Å². The van der Waals surface area contributed by atoms with E-state index < -0.39 is 0 Å². The smallest absolute Gasteiger partial charge is 0.128 e. The van der Waals surface area contributed by atoms with Gasteiger partial charge >= 0.3 is 0 Å². The minimum Gasteiger partial charge on any atom is -0.368 e. The largest absolute Gasteiger partial charge is 0.368 e. The fraction of sp³-hybridized carbons (Fsp3) is 0.600. The van der Waals surface area contributed by atoms with Gasteiger partial charge in [0, 0.05) is 29.9 Å². The van der Waals surface area contributed by atoms with Gasteiger partial charge in [-0.05, 0) is 50.7 Å². The summed E-state index contributed by atoms with van der Waals surface area (Å²) in [5.41, 5.74) is 7.74. The molecular weight excluding hydrogens is 227 g/mol. The van der Waals surface area contributed by atoms with E-state index >= 15 is 0 Å². The maximum Gasteiger partial charge on any atom is 0.128 e. The third-order valence-electron chi connectivity index (χ3n) is 4.34. The minimum absolute atomic E-state index is 0.000408. The van der Waals surface area contributed by atoms with Gasteiger partial charge in [0.15, 0.2) is 0 Å². The lowest BCUT2D eigenvalue weighted by atomic mass is 10.0. The molecule has 1 aromatic carbocycles. The zero-order valence-electron chi connectivity index (χ0n) is 10.9. The predicted octanol–water partition coefficient (Wildman–Crippen LogP) is 2.70. The van der Waals surface area contributed by atoms with Crippen molar-refractivity contribution in [2.24, 2.45) is 11.7 Å². The summed E-state index contributed by atoms with van der Waals surface area (Å²) in [4.78, 5) is 2.41.